The monoisotopic (exact) mass is 465 g/mol. The molecule has 0 spiro atoms. The minimum absolute atomic E-state index is 0.451. The van der Waals surface area contributed by atoms with Crippen molar-refractivity contribution >= 4 is 17.6 Å². The fourth-order valence-corrected chi connectivity index (χ4v) is 4.17. The van der Waals surface area contributed by atoms with Gasteiger partial charge in [0.1, 0.15) is 6.04 Å². The first-order chi connectivity index (χ1) is 15.5. The molecule has 0 aromatic heterocycles. The number of esters is 1. The Bertz CT molecular complexity index is 1080. The second-order valence-corrected chi connectivity index (χ2v) is 9.68. The highest BCUT2D eigenvalue weighted by Gasteiger charge is 2.43. The topological polar surface area (TPSA) is 61.5 Å². The van der Waals surface area contributed by atoms with E-state index in [0.29, 0.717) is 10.6 Å². The van der Waals surface area contributed by atoms with Crippen molar-refractivity contribution in [2.45, 2.75) is 58.0 Å². The van der Waals surface area contributed by atoms with Gasteiger partial charge in [-0.25, -0.2) is 0 Å². The summed E-state index contributed by atoms with van der Waals surface area (Å²) < 4.78 is 12.3. The molecule has 4 nitrogen and oxygen atoms in total. The fourth-order valence-electron chi connectivity index (χ4n) is 3.90. The maximum atomic E-state index is 13.5. The maximum Gasteiger partial charge on any atom is 0.327 e. The molecular formula is C28H32ClNO3. The van der Waals surface area contributed by atoms with Gasteiger partial charge in [-0.15, -0.1) is 0 Å². The standard InChI is InChI=1S/C28H32ClNO3/c1-19-15-17-22(18-16-19)28(21-11-7-6-8-12-21,23-13-9-10-14-24(23)29)33-26(31)25(30)20(2)32-27(3,4)5/h6-18,20,25H,30H2,1-5H3/t20-,25+,28?/m1/s1. The van der Waals surface area contributed by atoms with Crippen LogP contribution in [0.3, 0.4) is 0 Å². The van der Waals surface area contributed by atoms with Crippen LogP contribution < -0.4 is 5.73 Å². The number of rotatable bonds is 7. The molecule has 3 aromatic carbocycles. The summed E-state index contributed by atoms with van der Waals surface area (Å²) in [5.41, 5.74) is 7.90. The van der Waals surface area contributed by atoms with Crippen LogP contribution in [0.4, 0.5) is 0 Å². The van der Waals surface area contributed by atoms with Gasteiger partial charge in [-0.1, -0.05) is 90.0 Å². The average molecular weight is 466 g/mol. The van der Waals surface area contributed by atoms with Gasteiger partial charge in [-0.2, -0.15) is 0 Å². The van der Waals surface area contributed by atoms with Gasteiger partial charge in [0.15, 0.2) is 5.60 Å². The van der Waals surface area contributed by atoms with Gasteiger partial charge in [0.2, 0.25) is 0 Å². The Hall–Kier alpha value is -2.66. The molecule has 1 unspecified atom stereocenters. The summed E-state index contributed by atoms with van der Waals surface area (Å²) in [6, 6.07) is 23.9. The zero-order chi connectivity index (χ0) is 24.2. The van der Waals surface area contributed by atoms with Crippen LogP contribution in [-0.2, 0) is 19.9 Å². The van der Waals surface area contributed by atoms with Crippen molar-refractivity contribution in [3.05, 3.63) is 106 Å². The molecule has 0 amide bonds. The summed E-state index contributed by atoms with van der Waals surface area (Å²) in [5, 5.41) is 0.488. The van der Waals surface area contributed by atoms with Crippen LogP contribution in [0.25, 0.3) is 0 Å². The number of hydrogen-bond acceptors (Lipinski definition) is 4. The molecule has 0 saturated carbocycles. The van der Waals surface area contributed by atoms with Crippen molar-refractivity contribution in [3.8, 4) is 0 Å². The van der Waals surface area contributed by atoms with E-state index < -0.39 is 29.3 Å². The van der Waals surface area contributed by atoms with Crippen molar-refractivity contribution < 1.29 is 14.3 Å². The SMILES string of the molecule is Cc1ccc(C(OC(=O)[C@@H](N)[C@@H](C)OC(C)(C)C)(c2ccccc2)c2ccccc2Cl)cc1. The van der Waals surface area contributed by atoms with Gasteiger partial charge in [0.05, 0.1) is 11.7 Å². The lowest BCUT2D eigenvalue weighted by Gasteiger charge is -2.37. The van der Waals surface area contributed by atoms with E-state index in [4.69, 9.17) is 26.8 Å². The molecule has 0 saturated heterocycles. The molecule has 33 heavy (non-hydrogen) atoms. The molecule has 3 atom stereocenters. The number of halogens is 1. The molecule has 0 radical (unpaired) electrons. The lowest BCUT2D eigenvalue weighted by Crippen LogP contribution is -2.49. The van der Waals surface area contributed by atoms with Crippen molar-refractivity contribution in [1.29, 1.82) is 0 Å². The van der Waals surface area contributed by atoms with Crippen molar-refractivity contribution in [3.63, 3.8) is 0 Å². The molecule has 0 aliphatic rings. The highest BCUT2D eigenvalue weighted by atomic mass is 35.5. The van der Waals surface area contributed by atoms with Crippen LogP contribution >= 0.6 is 11.6 Å². The third-order valence-corrected chi connectivity index (χ3v) is 5.79. The van der Waals surface area contributed by atoms with Crippen LogP contribution in [0.1, 0.15) is 49.9 Å². The summed E-state index contributed by atoms with van der Waals surface area (Å²) in [4.78, 5) is 13.5. The molecule has 0 bridgehead atoms. The number of hydrogen-bond donors (Lipinski definition) is 1. The summed E-state index contributed by atoms with van der Waals surface area (Å²) >= 11 is 6.71. The quantitative estimate of drug-likeness (QED) is 0.342. The second-order valence-electron chi connectivity index (χ2n) is 9.28. The van der Waals surface area contributed by atoms with E-state index in [-0.39, 0.29) is 0 Å². The Labute approximate surface area is 201 Å². The van der Waals surface area contributed by atoms with Gasteiger partial charge < -0.3 is 15.2 Å². The zero-order valence-electron chi connectivity index (χ0n) is 19.8. The third-order valence-electron chi connectivity index (χ3n) is 5.46. The zero-order valence-corrected chi connectivity index (χ0v) is 20.6. The number of benzene rings is 3. The summed E-state index contributed by atoms with van der Waals surface area (Å²) in [7, 11) is 0. The second kappa shape index (κ2) is 10.1. The number of ether oxygens (including phenoxy) is 2. The lowest BCUT2D eigenvalue weighted by atomic mass is 9.79. The molecule has 0 aliphatic heterocycles. The molecule has 5 heteroatoms. The molecule has 3 rings (SSSR count). The summed E-state index contributed by atoms with van der Waals surface area (Å²) in [6.45, 7) is 9.56. The van der Waals surface area contributed by atoms with Crippen LogP contribution in [0.2, 0.25) is 5.02 Å². The van der Waals surface area contributed by atoms with Crippen molar-refractivity contribution in [2.24, 2.45) is 5.73 Å². The largest absolute Gasteiger partial charge is 0.443 e. The highest BCUT2D eigenvalue weighted by Crippen LogP contribution is 2.43. The molecule has 0 aliphatic carbocycles. The Kier molecular flexibility index (Phi) is 7.63. The van der Waals surface area contributed by atoms with Gasteiger partial charge >= 0.3 is 5.97 Å². The Morgan fingerprint density at radius 2 is 1.42 bits per heavy atom. The van der Waals surface area contributed by atoms with Crippen molar-refractivity contribution in [2.75, 3.05) is 0 Å². The van der Waals surface area contributed by atoms with E-state index in [1.807, 2.05) is 100 Å². The fraction of sp³-hybridized carbons (Fsp3) is 0.321. The first kappa shape index (κ1) is 25.0. The molecular weight excluding hydrogens is 434 g/mol. The number of carbonyl (C=O) groups is 1. The minimum atomic E-state index is -1.29. The highest BCUT2D eigenvalue weighted by molar-refractivity contribution is 6.31. The minimum Gasteiger partial charge on any atom is -0.443 e. The predicted molar refractivity (Wildman–Crippen MR) is 133 cm³/mol. The van der Waals surface area contributed by atoms with E-state index in [0.717, 1.165) is 16.7 Å². The Balaban J connectivity index is 2.19. The van der Waals surface area contributed by atoms with Crippen molar-refractivity contribution in [1.82, 2.24) is 0 Å². The average Bonchev–Trinajstić information content (AvgIpc) is 2.77. The first-order valence-corrected chi connectivity index (χ1v) is 11.5. The van der Waals surface area contributed by atoms with E-state index in [1.165, 1.54) is 0 Å². The van der Waals surface area contributed by atoms with Crippen LogP contribution in [0.5, 0.6) is 0 Å². The summed E-state index contributed by atoms with van der Waals surface area (Å²) in [6.07, 6.45) is -0.546. The summed E-state index contributed by atoms with van der Waals surface area (Å²) in [5.74, 6) is -0.573. The van der Waals surface area contributed by atoms with Crippen LogP contribution in [0, 0.1) is 6.92 Å². The predicted octanol–water partition coefficient (Wildman–Crippen LogP) is 6.01. The van der Waals surface area contributed by atoms with Gasteiger partial charge in [-0.3, -0.25) is 4.79 Å². The number of carbonyl (C=O) groups excluding carboxylic acids is 1. The molecule has 2 N–H and O–H groups in total. The van der Waals surface area contributed by atoms with Gasteiger partial charge in [0.25, 0.3) is 0 Å². The van der Waals surface area contributed by atoms with Crippen LogP contribution in [-0.4, -0.2) is 23.7 Å². The lowest BCUT2D eigenvalue weighted by molar-refractivity contribution is -0.161. The third kappa shape index (κ3) is 5.64. The smallest absolute Gasteiger partial charge is 0.327 e. The van der Waals surface area contributed by atoms with Gasteiger partial charge in [0, 0.05) is 21.7 Å². The molecule has 3 aromatic rings. The van der Waals surface area contributed by atoms with E-state index in [1.54, 1.807) is 13.0 Å². The molecule has 0 heterocycles. The van der Waals surface area contributed by atoms with E-state index in [2.05, 4.69) is 0 Å². The van der Waals surface area contributed by atoms with E-state index in [9.17, 15) is 4.79 Å². The maximum absolute atomic E-state index is 13.5. The molecule has 0 fully saturated rings. The van der Waals surface area contributed by atoms with Gasteiger partial charge in [-0.05, 0) is 40.7 Å². The normalized spacial score (nSPS) is 15.4. The first-order valence-electron chi connectivity index (χ1n) is 11.1. The molecule has 174 valence electrons. The number of nitrogens with two attached hydrogens (primary N) is 1. The van der Waals surface area contributed by atoms with Crippen LogP contribution in [0.15, 0.2) is 78.9 Å². The number of aryl methyl sites for hydroxylation is 1. The Morgan fingerprint density at radius 1 is 0.879 bits per heavy atom. The Morgan fingerprint density at radius 3 is 2.00 bits per heavy atom. The van der Waals surface area contributed by atoms with E-state index >= 15 is 0 Å².